The standard InChI is InChI=1S/C19H19ClN2O4/c1-21-7-2-5-19(18(21)25)6-8-22(11-19)16(23)14-10-12-9-13(20)3-4-15(12)26-17(14)24/h3-4,9-10H,2,5-8,11H2,1H3/t19-/m0/s1. The van der Waals surface area contributed by atoms with Crippen molar-refractivity contribution >= 4 is 34.4 Å². The molecule has 0 radical (unpaired) electrons. The molecule has 2 aliphatic rings. The van der Waals surface area contributed by atoms with Crippen LogP contribution in [-0.4, -0.2) is 48.3 Å². The molecule has 1 aromatic carbocycles. The van der Waals surface area contributed by atoms with Gasteiger partial charge in [0.15, 0.2) is 0 Å². The summed E-state index contributed by atoms with van der Waals surface area (Å²) < 4.78 is 5.27. The molecule has 136 valence electrons. The minimum atomic E-state index is -0.669. The van der Waals surface area contributed by atoms with Gasteiger partial charge in [0, 0.05) is 37.1 Å². The molecule has 2 aromatic rings. The smallest absolute Gasteiger partial charge is 0.349 e. The first kappa shape index (κ1) is 17.1. The Morgan fingerprint density at radius 2 is 2.00 bits per heavy atom. The largest absolute Gasteiger partial charge is 0.422 e. The topological polar surface area (TPSA) is 70.8 Å². The van der Waals surface area contributed by atoms with E-state index in [0.29, 0.717) is 35.5 Å². The highest BCUT2D eigenvalue weighted by Gasteiger charge is 2.48. The van der Waals surface area contributed by atoms with Crippen molar-refractivity contribution in [2.24, 2.45) is 5.41 Å². The summed E-state index contributed by atoms with van der Waals surface area (Å²) in [7, 11) is 1.80. The molecular weight excluding hydrogens is 356 g/mol. The van der Waals surface area contributed by atoms with E-state index in [0.717, 1.165) is 19.4 Å². The Labute approximate surface area is 155 Å². The molecular formula is C19H19ClN2O4. The molecule has 1 aromatic heterocycles. The fourth-order valence-electron chi connectivity index (χ4n) is 4.11. The summed E-state index contributed by atoms with van der Waals surface area (Å²) in [5.74, 6) is -0.296. The van der Waals surface area contributed by atoms with Crippen LogP contribution in [0.3, 0.4) is 0 Å². The zero-order chi connectivity index (χ0) is 18.5. The van der Waals surface area contributed by atoms with Crippen molar-refractivity contribution in [3.8, 4) is 0 Å². The number of hydrogen-bond donors (Lipinski definition) is 0. The van der Waals surface area contributed by atoms with Crippen LogP contribution in [-0.2, 0) is 4.79 Å². The quantitative estimate of drug-likeness (QED) is 0.719. The molecule has 0 unspecified atom stereocenters. The highest BCUT2D eigenvalue weighted by atomic mass is 35.5. The van der Waals surface area contributed by atoms with Gasteiger partial charge in [0.1, 0.15) is 11.1 Å². The average molecular weight is 375 g/mol. The zero-order valence-electron chi connectivity index (χ0n) is 14.5. The van der Waals surface area contributed by atoms with Crippen molar-refractivity contribution < 1.29 is 14.0 Å². The van der Waals surface area contributed by atoms with Crippen molar-refractivity contribution in [3.05, 3.63) is 45.3 Å². The van der Waals surface area contributed by atoms with Gasteiger partial charge in [-0.15, -0.1) is 0 Å². The van der Waals surface area contributed by atoms with Crippen molar-refractivity contribution in [3.63, 3.8) is 0 Å². The second-order valence-electron chi connectivity index (χ2n) is 7.22. The fraction of sp³-hybridized carbons (Fsp3) is 0.421. The maximum absolute atomic E-state index is 12.9. The summed E-state index contributed by atoms with van der Waals surface area (Å²) in [4.78, 5) is 41.2. The van der Waals surface area contributed by atoms with Gasteiger partial charge in [-0.25, -0.2) is 4.79 Å². The fourth-order valence-corrected chi connectivity index (χ4v) is 4.29. The van der Waals surface area contributed by atoms with Gasteiger partial charge in [-0.3, -0.25) is 9.59 Å². The number of hydrogen-bond acceptors (Lipinski definition) is 4. The number of rotatable bonds is 1. The molecule has 7 heteroatoms. The summed E-state index contributed by atoms with van der Waals surface area (Å²) in [5.41, 5.74) is -0.813. The zero-order valence-corrected chi connectivity index (χ0v) is 15.2. The Morgan fingerprint density at radius 1 is 1.19 bits per heavy atom. The Balaban J connectivity index is 1.64. The van der Waals surface area contributed by atoms with Crippen LogP contribution in [0.25, 0.3) is 11.0 Å². The van der Waals surface area contributed by atoms with Gasteiger partial charge in [-0.2, -0.15) is 0 Å². The van der Waals surface area contributed by atoms with E-state index in [-0.39, 0.29) is 11.5 Å². The summed E-state index contributed by atoms with van der Waals surface area (Å²) in [6.07, 6.45) is 2.34. The number of nitrogens with zero attached hydrogens (tertiary/aromatic N) is 2. The van der Waals surface area contributed by atoms with Crippen LogP contribution < -0.4 is 5.63 Å². The van der Waals surface area contributed by atoms with E-state index < -0.39 is 16.9 Å². The number of fused-ring (bicyclic) bond motifs is 1. The van der Waals surface area contributed by atoms with E-state index in [4.69, 9.17) is 16.0 Å². The van der Waals surface area contributed by atoms with Crippen LogP contribution >= 0.6 is 11.6 Å². The van der Waals surface area contributed by atoms with Gasteiger partial charge in [-0.1, -0.05) is 11.6 Å². The number of piperidine rings is 1. The van der Waals surface area contributed by atoms with E-state index in [9.17, 15) is 14.4 Å². The van der Waals surface area contributed by atoms with Crippen molar-refractivity contribution in [1.82, 2.24) is 9.80 Å². The predicted molar refractivity (Wildman–Crippen MR) is 97.3 cm³/mol. The third kappa shape index (κ3) is 2.69. The van der Waals surface area contributed by atoms with Gasteiger partial charge < -0.3 is 14.2 Å². The minimum absolute atomic E-state index is 0.0200. The van der Waals surface area contributed by atoms with Gasteiger partial charge in [0.25, 0.3) is 5.91 Å². The predicted octanol–water partition coefficient (Wildman–Crippen LogP) is 2.53. The van der Waals surface area contributed by atoms with Crippen molar-refractivity contribution in [2.75, 3.05) is 26.7 Å². The van der Waals surface area contributed by atoms with E-state index in [1.807, 2.05) is 0 Å². The lowest BCUT2D eigenvalue weighted by Gasteiger charge is -2.37. The second-order valence-corrected chi connectivity index (χ2v) is 7.65. The summed E-state index contributed by atoms with van der Waals surface area (Å²) >= 11 is 5.99. The summed E-state index contributed by atoms with van der Waals surface area (Å²) in [5, 5.41) is 1.10. The van der Waals surface area contributed by atoms with E-state index in [2.05, 4.69) is 0 Å². The van der Waals surface area contributed by atoms with Crippen LogP contribution in [0.15, 0.2) is 33.5 Å². The molecule has 6 nitrogen and oxygen atoms in total. The molecule has 2 saturated heterocycles. The molecule has 0 bridgehead atoms. The van der Waals surface area contributed by atoms with Crippen LogP contribution in [0.2, 0.25) is 5.02 Å². The SMILES string of the molecule is CN1CCC[C@@]2(CCN(C(=O)c3cc4cc(Cl)ccc4oc3=O)C2)C1=O. The number of likely N-dealkylation sites (tertiary alicyclic amines) is 2. The summed E-state index contributed by atoms with van der Waals surface area (Å²) in [6, 6.07) is 6.41. The average Bonchev–Trinajstić information content (AvgIpc) is 3.04. The van der Waals surface area contributed by atoms with Gasteiger partial charge in [-0.05, 0) is 43.5 Å². The van der Waals surface area contributed by atoms with E-state index in [1.165, 1.54) is 6.07 Å². The number of carbonyl (C=O) groups excluding carboxylic acids is 2. The number of amides is 2. The first-order chi connectivity index (χ1) is 12.4. The highest BCUT2D eigenvalue weighted by Crippen LogP contribution is 2.40. The Hall–Kier alpha value is -2.34. The number of benzene rings is 1. The van der Waals surface area contributed by atoms with Gasteiger partial charge >= 0.3 is 5.63 Å². The van der Waals surface area contributed by atoms with Gasteiger partial charge in [0.05, 0.1) is 5.41 Å². The first-order valence-corrected chi connectivity index (χ1v) is 9.06. The highest BCUT2D eigenvalue weighted by molar-refractivity contribution is 6.31. The monoisotopic (exact) mass is 374 g/mol. The minimum Gasteiger partial charge on any atom is -0.422 e. The third-order valence-electron chi connectivity index (χ3n) is 5.51. The number of halogens is 1. The second kappa shape index (κ2) is 6.13. The Kier molecular flexibility index (Phi) is 4.03. The molecule has 0 aliphatic carbocycles. The molecule has 0 saturated carbocycles. The lowest BCUT2D eigenvalue weighted by Crippen LogP contribution is -2.48. The molecule has 1 atom stereocenters. The molecule has 1 spiro atoms. The molecule has 2 amide bonds. The van der Waals surface area contributed by atoms with Crippen molar-refractivity contribution in [1.29, 1.82) is 0 Å². The lowest BCUT2D eigenvalue weighted by atomic mass is 9.78. The van der Waals surface area contributed by atoms with Crippen LogP contribution in [0.5, 0.6) is 0 Å². The molecule has 2 aliphatic heterocycles. The first-order valence-electron chi connectivity index (χ1n) is 8.68. The Morgan fingerprint density at radius 3 is 2.81 bits per heavy atom. The lowest BCUT2D eigenvalue weighted by molar-refractivity contribution is -0.143. The Bertz CT molecular complexity index is 970. The van der Waals surface area contributed by atoms with Gasteiger partial charge in [0.2, 0.25) is 5.91 Å². The maximum atomic E-state index is 12.9. The van der Waals surface area contributed by atoms with Crippen LogP contribution in [0, 0.1) is 5.41 Å². The van der Waals surface area contributed by atoms with E-state index in [1.54, 1.807) is 35.0 Å². The molecule has 0 N–H and O–H groups in total. The summed E-state index contributed by atoms with van der Waals surface area (Å²) in [6.45, 7) is 1.57. The van der Waals surface area contributed by atoms with E-state index >= 15 is 0 Å². The number of carbonyl (C=O) groups is 2. The molecule has 3 heterocycles. The third-order valence-corrected chi connectivity index (χ3v) is 5.75. The van der Waals surface area contributed by atoms with Crippen molar-refractivity contribution in [2.45, 2.75) is 19.3 Å². The molecule has 4 rings (SSSR count). The molecule has 26 heavy (non-hydrogen) atoms. The maximum Gasteiger partial charge on any atom is 0.349 e. The van der Waals surface area contributed by atoms with Crippen LogP contribution in [0.1, 0.15) is 29.6 Å². The van der Waals surface area contributed by atoms with Crippen LogP contribution in [0.4, 0.5) is 0 Å². The normalized spacial score (nSPS) is 23.2. The molecule has 2 fully saturated rings.